The molecule has 0 aliphatic heterocycles. The van der Waals surface area contributed by atoms with Gasteiger partial charge >= 0.3 is 6.03 Å². The van der Waals surface area contributed by atoms with Gasteiger partial charge in [-0.1, -0.05) is 62.7 Å². The third-order valence-corrected chi connectivity index (χ3v) is 7.54. The molecule has 0 fully saturated rings. The Morgan fingerprint density at radius 1 is 0.854 bits per heavy atom. The monoisotopic (exact) mass is 650 g/mol. The van der Waals surface area contributed by atoms with Gasteiger partial charge in [0.15, 0.2) is 0 Å². The number of aryl methyl sites for hydroxylation is 1. The minimum atomic E-state index is -0.385. The third-order valence-electron chi connectivity index (χ3n) is 7.54. The summed E-state index contributed by atoms with van der Waals surface area (Å²) >= 11 is 0. The maximum Gasteiger partial charge on any atom is 0.324 e. The molecule has 11 nitrogen and oxygen atoms in total. The molecular formula is C37H42N6O5. The van der Waals surface area contributed by atoms with Gasteiger partial charge in [-0.05, 0) is 48.9 Å². The minimum Gasteiger partial charge on any atom is -0.493 e. The average molecular weight is 651 g/mol. The molecule has 0 aliphatic carbocycles. The summed E-state index contributed by atoms with van der Waals surface area (Å²) in [6.07, 6.45) is 2.24. The number of anilines is 3. The van der Waals surface area contributed by atoms with E-state index in [1.807, 2.05) is 85.8 Å². The quantitative estimate of drug-likeness (QED) is 0.118. The van der Waals surface area contributed by atoms with Gasteiger partial charge in [0.25, 0.3) is 5.91 Å². The summed E-state index contributed by atoms with van der Waals surface area (Å²) in [6, 6.07) is 24.7. The number of amides is 3. The fourth-order valence-corrected chi connectivity index (χ4v) is 4.96. The molecule has 0 atom stereocenters. The number of hydrogen-bond acceptors (Lipinski definition) is 7. The van der Waals surface area contributed by atoms with Gasteiger partial charge in [-0.25, -0.2) is 14.5 Å². The first-order valence-corrected chi connectivity index (χ1v) is 15.8. The molecule has 0 aliphatic rings. The summed E-state index contributed by atoms with van der Waals surface area (Å²) in [5.41, 5.74) is 4.26. The topological polar surface area (TPSA) is 129 Å². The van der Waals surface area contributed by atoms with E-state index in [-0.39, 0.29) is 24.0 Å². The highest BCUT2D eigenvalue weighted by atomic mass is 16.5. The first-order valence-electron chi connectivity index (χ1n) is 15.8. The Hall–Kier alpha value is -5.26. The van der Waals surface area contributed by atoms with Crippen molar-refractivity contribution in [3.8, 4) is 11.4 Å². The van der Waals surface area contributed by atoms with Crippen LogP contribution in [-0.4, -0.2) is 60.2 Å². The van der Waals surface area contributed by atoms with Crippen LogP contribution in [0.25, 0.3) is 16.5 Å². The lowest BCUT2D eigenvalue weighted by Gasteiger charge is -2.15. The number of nitrogens with zero attached hydrogens (tertiary/aromatic N) is 3. The lowest BCUT2D eigenvalue weighted by atomic mass is 9.92. The predicted octanol–water partition coefficient (Wildman–Crippen LogP) is 6.89. The number of methoxy groups -OCH3 is 1. The second-order valence-electron chi connectivity index (χ2n) is 12.4. The Bertz CT molecular complexity index is 1860. The summed E-state index contributed by atoms with van der Waals surface area (Å²) in [5, 5.41) is 15.3. The molecule has 5 aromatic rings. The van der Waals surface area contributed by atoms with Gasteiger partial charge in [-0.2, -0.15) is 5.10 Å². The predicted molar refractivity (Wildman–Crippen MR) is 188 cm³/mol. The number of fused-ring (bicyclic) bond motifs is 1. The number of urea groups is 1. The van der Waals surface area contributed by atoms with Crippen LogP contribution in [0, 0.1) is 6.92 Å². The van der Waals surface area contributed by atoms with Crippen LogP contribution in [0.1, 0.15) is 37.6 Å². The maximum absolute atomic E-state index is 13.4. The molecule has 0 unspecified atom stereocenters. The average Bonchev–Trinajstić information content (AvgIpc) is 3.49. The highest BCUT2D eigenvalue weighted by molar-refractivity contribution is 6.07. The number of pyridine rings is 1. The lowest BCUT2D eigenvalue weighted by molar-refractivity contribution is -0.121. The normalized spacial score (nSPS) is 11.4. The molecule has 0 bridgehead atoms. The van der Waals surface area contributed by atoms with Gasteiger partial charge in [-0.15, -0.1) is 0 Å². The lowest BCUT2D eigenvalue weighted by Crippen LogP contribution is -2.21. The summed E-state index contributed by atoms with van der Waals surface area (Å²) in [7, 11) is 1.58. The van der Waals surface area contributed by atoms with E-state index < -0.39 is 0 Å². The van der Waals surface area contributed by atoms with Crippen LogP contribution in [0.3, 0.4) is 0 Å². The van der Waals surface area contributed by atoms with Crippen LogP contribution < -0.4 is 20.7 Å². The van der Waals surface area contributed by atoms with Gasteiger partial charge in [0.2, 0.25) is 0 Å². The molecular weight excluding hydrogens is 608 g/mol. The van der Waals surface area contributed by atoms with E-state index in [1.54, 1.807) is 18.0 Å². The van der Waals surface area contributed by atoms with Crippen molar-refractivity contribution >= 4 is 40.0 Å². The summed E-state index contributed by atoms with van der Waals surface area (Å²) in [4.78, 5) is 29.7. The number of rotatable bonds is 13. The second-order valence-corrected chi connectivity index (χ2v) is 12.4. The van der Waals surface area contributed by atoms with Crippen LogP contribution in [0.2, 0.25) is 0 Å². The molecule has 0 saturated carbocycles. The number of nitrogens with one attached hydrogen (secondary N) is 3. The summed E-state index contributed by atoms with van der Waals surface area (Å²) in [6.45, 7) is 9.38. The molecule has 0 radical (unpaired) electrons. The Kier molecular flexibility index (Phi) is 11.0. The molecule has 48 heavy (non-hydrogen) atoms. The number of ether oxygens (including phenoxy) is 3. The number of carbonyl (C=O) groups is 2. The molecule has 2 aromatic heterocycles. The molecule has 3 aromatic carbocycles. The number of carbonyl (C=O) groups excluding carboxylic acids is 2. The zero-order chi connectivity index (χ0) is 34.1. The highest BCUT2D eigenvalue weighted by Crippen LogP contribution is 2.32. The largest absolute Gasteiger partial charge is 0.493 e. The smallest absolute Gasteiger partial charge is 0.324 e. The van der Waals surface area contributed by atoms with E-state index in [2.05, 4.69) is 41.7 Å². The first kappa shape index (κ1) is 34.1. The van der Waals surface area contributed by atoms with E-state index in [9.17, 15) is 9.59 Å². The Morgan fingerprint density at radius 3 is 2.38 bits per heavy atom. The van der Waals surface area contributed by atoms with E-state index in [0.717, 1.165) is 33.3 Å². The van der Waals surface area contributed by atoms with E-state index in [4.69, 9.17) is 19.3 Å². The zero-order valence-corrected chi connectivity index (χ0v) is 28.0. The van der Waals surface area contributed by atoms with Gasteiger partial charge < -0.3 is 24.8 Å². The van der Waals surface area contributed by atoms with Crippen molar-refractivity contribution in [1.29, 1.82) is 0 Å². The van der Waals surface area contributed by atoms with Crippen LogP contribution >= 0.6 is 0 Å². The van der Waals surface area contributed by atoms with Crippen LogP contribution in [0.4, 0.5) is 22.1 Å². The first-order chi connectivity index (χ1) is 23.1. The Labute approximate surface area is 280 Å². The highest BCUT2D eigenvalue weighted by Gasteiger charge is 2.22. The summed E-state index contributed by atoms with van der Waals surface area (Å²) < 4.78 is 18.1. The molecule has 11 heteroatoms. The van der Waals surface area contributed by atoms with Crippen LogP contribution in [0.5, 0.6) is 5.75 Å². The van der Waals surface area contributed by atoms with Crippen molar-refractivity contribution in [3.63, 3.8) is 0 Å². The van der Waals surface area contributed by atoms with Crippen LogP contribution in [0.15, 0.2) is 85.1 Å². The van der Waals surface area contributed by atoms with Crippen molar-refractivity contribution < 1.29 is 23.8 Å². The van der Waals surface area contributed by atoms with Gasteiger partial charge in [0.05, 0.1) is 36.9 Å². The SMILES string of the molecule is COCCOCC(=O)Nc1cc(CCOc2ccc(NC(=O)Nc3cc(C(C)(C)C)nn3-c3ccc(C)cc3)c3ccccc23)ccn1. The van der Waals surface area contributed by atoms with Crippen molar-refractivity contribution in [3.05, 3.63) is 102 Å². The van der Waals surface area contributed by atoms with Gasteiger partial charge in [0, 0.05) is 42.0 Å². The number of aromatic nitrogens is 3. The van der Waals surface area contributed by atoms with Crippen molar-refractivity contribution in [2.24, 2.45) is 0 Å². The molecule has 3 amide bonds. The molecule has 5 rings (SSSR count). The fraction of sp³-hybridized carbons (Fsp3) is 0.297. The Balaban J connectivity index is 1.24. The van der Waals surface area contributed by atoms with Gasteiger partial charge in [0.1, 0.15) is 24.0 Å². The molecule has 2 heterocycles. The fourth-order valence-electron chi connectivity index (χ4n) is 4.96. The van der Waals surface area contributed by atoms with Gasteiger partial charge in [-0.3, -0.25) is 10.1 Å². The minimum absolute atomic E-state index is 0.0751. The third kappa shape index (κ3) is 8.96. The number of hydrogen-bond donors (Lipinski definition) is 3. The second kappa shape index (κ2) is 15.6. The Morgan fingerprint density at radius 2 is 1.62 bits per heavy atom. The van der Waals surface area contributed by atoms with E-state index in [1.165, 1.54) is 0 Å². The molecule has 0 spiro atoms. The molecule has 3 N–H and O–H groups in total. The molecule has 250 valence electrons. The molecule has 0 saturated heterocycles. The van der Waals surface area contributed by atoms with Crippen molar-refractivity contribution in [2.45, 2.75) is 39.5 Å². The van der Waals surface area contributed by atoms with Crippen LogP contribution in [-0.2, 0) is 26.1 Å². The van der Waals surface area contributed by atoms with E-state index in [0.29, 0.717) is 49.3 Å². The van der Waals surface area contributed by atoms with E-state index >= 15 is 0 Å². The van der Waals surface area contributed by atoms with Crippen molar-refractivity contribution in [2.75, 3.05) is 49.5 Å². The summed E-state index contributed by atoms with van der Waals surface area (Å²) in [5.74, 6) is 1.43. The number of benzene rings is 3. The standard InChI is InChI=1S/C37H42N6O5/c1-25-10-12-27(13-11-25)43-34(23-32(42-43)37(2,3)4)41-36(45)39-30-14-15-31(29-9-7-6-8-28(29)30)48-19-17-26-16-18-38-33(22-26)40-35(44)24-47-21-20-46-5/h6-16,18,22-23H,17,19-21,24H2,1-5H3,(H,38,40,44)(H2,39,41,45). The maximum atomic E-state index is 13.4. The zero-order valence-electron chi connectivity index (χ0n) is 28.0. The van der Waals surface area contributed by atoms with Crippen molar-refractivity contribution in [1.82, 2.24) is 14.8 Å².